The fourth-order valence-electron chi connectivity index (χ4n) is 3.60. The van der Waals surface area contributed by atoms with Crippen molar-refractivity contribution in [2.75, 3.05) is 37.0 Å². The predicted octanol–water partition coefficient (Wildman–Crippen LogP) is 1.52. The van der Waals surface area contributed by atoms with Gasteiger partial charge in [0.2, 0.25) is 11.8 Å². The van der Waals surface area contributed by atoms with Crippen LogP contribution in [0.3, 0.4) is 0 Å². The summed E-state index contributed by atoms with van der Waals surface area (Å²) in [4.78, 5) is 19.2. The van der Waals surface area contributed by atoms with Crippen LogP contribution in [0.2, 0.25) is 0 Å². The second kappa shape index (κ2) is 6.79. The predicted molar refractivity (Wildman–Crippen MR) is 92.8 cm³/mol. The van der Waals surface area contributed by atoms with E-state index in [2.05, 4.69) is 30.2 Å². The Labute approximate surface area is 146 Å². The normalized spacial score (nSPS) is 22.1. The first-order chi connectivity index (χ1) is 12.3. The van der Waals surface area contributed by atoms with Crippen LogP contribution in [-0.4, -0.2) is 58.4 Å². The number of aromatic nitrogens is 4. The maximum Gasteiger partial charge on any atom is 0.222 e. The Morgan fingerprint density at radius 3 is 2.76 bits per heavy atom. The number of nitrogens with one attached hydrogen (secondary N) is 1. The van der Waals surface area contributed by atoms with Gasteiger partial charge in [-0.05, 0) is 25.3 Å². The van der Waals surface area contributed by atoms with Gasteiger partial charge < -0.3 is 19.7 Å². The molecule has 4 rings (SSSR count). The third-order valence-electron chi connectivity index (χ3n) is 4.94. The van der Waals surface area contributed by atoms with Crippen LogP contribution in [0.25, 0.3) is 0 Å². The maximum atomic E-state index is 6.19. The zero-order chi connectivity index (χ0) is 17.1. The molecule has 2 saturated heterocycles. The molecule has 0 aliphatic carbocycles. The van der Waals surface area contributed by atoms with Gasteiger partial charge in [0.05, 0.1) is 25.4 Å². The van der Waals surface area contributed by atoms with E-state index in [-0.39, 0.29) is 11.6 Å². The lowest BCUT2D eigenvalue weighted by Gasteiger charge is -2.39. The lowest BCUT2D eigenvalue weighted by atomic mass is 9.87. The molecule has 2 fully saturated rings. The average molecular weight is 342 g/mol. The molecule has 0 radical (unpaired) electrons. The van der Waals surface area contributed by atoms with E-state index < -0.39 is 0 Å². The molecule has 1 N–H and O–H groups in total. The van der Waals surface area contributed by atoms with E-state index in [1.807, 2.05) is 12.1 Å². The molecular weight excluding hydrogens is 320 g/mol. The molecule has 0 amide bonds. The Bertz CT molecular complexity index is 705. The standard InChI is InChI=1S/C17H22N6O2/c1-24-15-9-14(20-12-21-15)23-7-3-17(4-8-23)10-13(11-25-17)22-16-18-5-2-6-19-16/h2,5-6,9,12-13H,3-4,7-8,10-11H2,1H3,(H,18,19,22)/t13-/m0/s1. The first-order valence-corrected chi connectivity index (χ1v) is 8.55. The molecule has 2 aliphatic heterocycles. The number of nitrogens with zero attached hydrogens (tertiary/aromatic N) is 5. The maximum absolute atomic E-state index is 6.19. The van der Waals surface area contributed by atoms with Gasteiger partial charge in [-0.1, -0.05) is 0 Å². The van der Waals surface area contributed by atoms with Crippen LogP contribution in [0.5, 0.6) is 5.88 Å². The molecule has 0 unspecified atom stereocenters. The molecule has 0 aromatic carbocycles. The lowest BCUT2D eigenvalue weighted by molar-refractivity contribution is -0.0148. The second-order valence-corrected chi connectivity index (χ2v) is 6.52. The molecule has 1 spiro atoms. The summed E-state index contributed by atoms with van der Waals surface area (Å²) in [6, 6.07) is 3.95. The van der Waals surface area contributed by atoms with Gasteiger partial charge in [-0.3, -0.25) is 0 Å². The summed E-state index contributed by atoms with van der Waals surface area (Å²) in [5, 5.41) is 3.37. The molecule has 0 bridgehead atoms. The van der Waals surface area contributed by atoms with Crippen LogP contribution in [0.15, 0.2) is 30.9 Å². The lowest BCUT2D eigenvalue weighted by Crippen LogP contribution is -2.44. The van der Waals surface area contributed by atoms with Crippen molar-refractivity contribution >= 4 is 11.8 Å². The van der Waals surface area contributed by atoms with Crippen LogP contribution >= 0.6 is 0 Å². The smallest absolute Gasteiger partial charge is 0.222 e. The monoisotopic (exact) mass is 342 g/mol. The molecule has 0 saturated carbocycles. The molecule has 2 aromatic rings. The summed E-state index contributed by atoms with van der Waals surface area (Å²) in [6.45, 7) is 2.52. The van der Waals surface area contributed by atoms with Crippen molar-refractivity contribution in [3.63, 3.8) is 0 Å². The Balaban J connectivity index is 1.35. The van der Waals surface area contributed by atoms with Crippen LogP contribution < -0.4 is 15.0 Å². The highest BCUT2D eigenvalue weighted by Crippen LogP contribution is 2.37. The summed E-state index contributed by atoms with van der Waals surface area (Å²) in [5.74, 6) is 2.17. The van der Waals surface area contributed by atoms with Crippen molar-refractivity contribution in [3.8, 4) is 5.88 Å². The fraction of sp³-hybridized carbons (Fsp3) is 0.529. The Kier molecular flexibility index (Phi) is 4.35. The minimum Gasteiger partial charge on any atom is -0.481 e. The van der Waals surface area contributed by atoms with Gasteiger partial charge in [-0.2, -0.15) is 0 Å². The van der Waals surface area contributed by atoms with Crippen molar-refractivity contribution in [1.29, 1.82) is 0 Å². The molecule has 8 heteroatoms. The number of hydrogen-bond acceptors (Lipinski definition) is 8. The largest absolute Gasteiger partial charge is 0.481 e. The molecule has 132 valence electrons. The first kappa shape index (κ1) is 16.0. The highest BCUT2D eigenvalue weighted by Gasteiger charge is 2.43. The van der Waals surface area contributed by atoms with Crippen molar-refractivity contribution < 1.29 is 9.47 Å². The third kappa shape index (κ3) is 3.48. The highest BCUT2D eigenvalue weighted by atomic mass is 16.5. The second-order valence-electron chi connectivity index (χ2n) is 6.52. The van der Waals surface area contributed by atoms with E-state index in [9.17, 15) is 0 Å². The van der Waals surface area contributed by atoms with Gasteiger partial charge in [0.25, 0.3) is 0 Å². The first-order valence-electron chi connectivity index (χ1n) is 8.55. The SMILES string of the molecule is COc1cc(N2CCC3(CC2)C[C@H](Nc2ncccn2)CO3)ncn1. The third-order valence-corrected chi connectivity index (χ3v) is 4.94. The Morgan fingerprint density at radius 2 is 2.00 bits per heavy atom. The Morgan fingerprint density at radius 1 is 1.20 bits per heavy atom. The molecular formula is C17H22N6O2. The fourth-order valence-corrected chi connectivity index (χ4v) is 3.60. The van der Waals surface area contributed by atoms with Gasteiger partial charge in [0, 0.05) is 31.5 Å². The van der Waals surface area contributed by atoms with Crippen molar-refractivity contribution in [1.82, 2.24) is 19.9 Å². The molecule has 8 nitrogen and oxygen atoms in total. The number of methoxy groups -OCH3 is 1. The van der Waals surface area contributed by atoms with Crippen LogP contribution in [0.1, 0.15) is 19.3 Å². The molecule has 2 aromatic heterocycles. The van der Waals surface area contributed by atoms with Crippen molar-refractivity contribution in [2.45, 2.75) is 30.9 Å². The van der Waals surface area contributed by atoms with Gasteiger partial charge >= 0.3 is 0 Å². The topological polar surface area (TPSA) is 85.3 Å². The summed E-state index contributed by atoms with van der Waals surface area (Å²) in [6.07, 6.45) is 7.97. The van der Waals surface area contributed by atoms with Crippen LogP contribution in [0.4, 0.5) is 11.8 Å². The van der Waals surface area contributed by atoms with Gasteiger partial charge in [0.15, 0.2) is 0 Å². The van der Waals surface area contributed by atoms with E-state index in [4.69, 9.17) is 9.47 Å². The minimum atomic E-state index is -0.0555. The zero-order valence-electron chi connectivity index (χ0n) is 14.3. The summed E-state index contributed by atoms with van der Waals surface area (Å²) in [5.41, 5.74) is -0.0555. The number of hydrogen-bond donors (Lipinski definition) is 1. The summed E-state index contributed by atoms with van der Waals surface area (Å²) >= 11 is 0. The van der Waals surface area contributed by atoms with E-state index in [1.165, 1.54) is 0 Å². The van der Waals surface area contributed by atoms with Gasteiger partial charge in [0.1, 0.15) is 12.1 Å². The van der Waals surface area contributed by atoms with Crippen LogP contribution in [-0.2, 0) is 4.74 Å². The van der Waals surface area contributed by atoms with E-state index in [0.29, 0.717) is 18.4 Å². The van der Waals surface area contributed by atoms with Crippen molar-refractivity contribution in [3.05, 3.63) is 30.9 Å². The molecule has 1 atom stereocenters. The van der Waals surface area contributed by atoms with Gasteiger partial charge in [-0.25, -0.2) is 19.9 Å². The molecule has 25 heavy (non-hydrogen) atoms. The average Bonchev–Trinajstić information content (AvgIpc) is 3.05. The van der Waals surface area contributed by atoms with Gasteiger partial charge in [-0.15, -0.1) is 0 Å². The number of piperidine rings is 1. The van der Waals surface area contributed by atoms with Crippen LogP contribution in [0, 0.1) is 0 Å². The molecule has 4 heterocycles. The quantitative estimate of drug-likeness (QED) is 0.895. The van der Waals surface area contributed by atoms with E-state index in [1.54, 1.807) is 25.8 Å². The zero-order valence-corrected chi connectivity index (χ0v) is 14.3. The molecule has 2 aliphatic rings. The van der Waals surface area contributed by atoms with Crippen molar-refractivity contribution in [2.24, 2.45) is 0 Å². The van der Waals surface area contributed by atoms with E-state index in [0.717, 1.165) is 38.2 Å². The number of ether oxygens (including phenoxy) is 2. The van der Waals surface area contributed by atoms with E-state index >= 15 is 0 Å². The Hall–Kier alpha value is -2.48. The number of anilines is 2. The summed E-state index contributed by atoms with van der Waals surface area (Å²) < 4.78 is 11.4. The highest BCUT2D eigenvalue weighted by molar-refractivity contribution is 5.41. The minimum absolute atomic E-state index is 0.0555. The summed E-state index contributed by atoms with van der Waals surface area (Å²) in [7, 11) is 1.62. The number of rotatable bonds is 4.